The van der Waals surface area contributed by atoms with Gasteiger partial charge in [-0.05, 0) is 24.1 Å². The smallest absolute Gasteiger partial charge is 0.297 e. The Labute approximate surface area is 113 Å². The molecule has 0 aliphatic heterocycles. The highest BCUT2D eigenvalue weighted by Gasteiger charge is 2.20. The molecule has 1 atom stereocenters. The molecular formula is C8H9ClNO4PS2. The van der Waals surface area contributed by atoms with E-state index in [2.05, 4.69) is 0 Å². The van der Waals surface area contributed by atoms with Gasteiger partial charge in [0.25, 0.3) is 11.4 Å². The average Bonchev–Trinajstić information content (AvgIpc) is 2.31. The number of nitrogens with zero attached hydrogens (tertiary/aromatic N) is 1. The van der Waals surface area contributed by atoms with Crippen LogP contribution in [-0.4, -0.2) is 18.3 Å². The van der Waals surface area contributed by atoms with Gasteiger partial charge in [-0.15, -0.1) is 0 Å². The van der Waals surface area contributed by atoms with Crippen LogP contribution in [0.25, 0.3) is 0 Å². The number of non-ortho nitro benzene ring substituents is 1. The first kappa shape index (κ1) is 14.7. The first-order valence-electron chi connectivity index (χ1n) is 4.27. The molecule has 0 saturated carbocycles. The predicted octanol–water partition coefficient (Wildman–Crippen LogP) is 3.86. The van der Waals surface area contributed by atoms with E-state index in [1.54, 1.807) is 6.26 Å². The highest BCUT2D eigenvalue weighted by Crippen LogP contribution is 2.59. The summed E-state index contributed by atoms with van der Waals surface area (Å²) in [4.78, 5) is 9.99. The maximum atomic E-state index is 10.5. The van der Waals surface area contributed by atoms with Crippen molar-refractivity contribution in [3.8, 4) is 5.75 Å². The van der Waals surface area contributed by atoms with Crippen molar-refractivity contribution in [2.24, 2.45) is 0 Å². The molecule has 0 aliphatic carbocycles. The van der Waals surface area contributed by atoms with Gasteiger partial charge in [0.15, 0.2) is 0 Å². The monoisotopic (exact) mass is 313 g/mol. The summed E-state index contributed by atoms with van der Waals surface area (Å²) in [6.07, 6.45) is 1.77. The topological polar surface area (TPSA) is 61.6 Å². The number of nitro groups is 1. The van der Waals surface area contributed by atoms with Crippen LogP contribution in [0.5, 0.6) is 5.75 Å². The van der Waals surface area contributed by atoms with Crippen molar-refractivity contribution in [1.82, 2.24) is 0 Å². The molecule has 0 bridgehead atoms. The van der Waals surface area contributed by atoms with Crippen LogP contribution in [0.2, 0.25) is 5.02 Å². The van der Waals surface area contributed by atoms with Crippen LogP contribution in [-0.2, 0) is 16.3 Å². The standard InChI is InChI=1S/C8H9ClNO4PS2/c1-13-15(16,17-2)14-8-4-3-6(10(11)12)5-7(8)9/h3-5H,1-2H3. The lowest BCUT2D eigenvalue weighted by molar-refractivity contribution is -0.384. The van der Waals surface area contributed by atoms with Crippen LogP contribution in [0.15, 0.2) is 18.2 Å². The quantitative estimate of drug-likeness (QED) is 0.467. The number of nitro benzene ring substituents is 1. The van der Waals surface area contributed by atoms with Gasteiger partial charge < -0.3 is 9.05 Å². The Bertz CT molecular complexity index is 477. The minimum atomic E-state index is -2.47. The molecule has 17 heavy (non-hydrogen) atoms. The van der Waals surface area contributed by atoms with Gasteiger partial charge in [-0.3, -0.25) is 10.1 Å². The molecule has 1 aromatic rings. The lowest BCUT2D eigenvalue weighted by atomic mass is 10.3. The van der Waals surface area contributed by atoms with Gasteiger partial charge in [-0.2, -0.15) is 0 Å². The van der Waals surface area contributed by atoms with Crippen molar-refractivity contribution in [3.05, 3.63) is 33.3 Å². The van der Waals surface area contributed by atoms with E-state index in [4.69, 9.17) is 32.5 Å². The van der Waals surface area contributed by atoms with Crippen molar-refractivity contribution in [2.45, 2.75) is 0 Å². The van der Waals surface area contributed by atoms with Crippen molar-refractivity contribution in [2.75, 3.05) is 13.4 Å². The van der Waals surface area contributed by atoms with Crippen molar-refractivity contribution >= 4 is 46.2 Å². The second kappa shape index (κ2) is 6.02. The molecule has 0 aromatic heterocycles. The third kappa shape index (κ3) is 3.82. The van der Waals surface area contributed by atoms with Crippen molar-refractivity contribution in [3.63, 3.8) is 0 Å². The average molecular weight is 314 g/mol. The molecule has 9 heteroatoms. The molecule has 0 N–H and O–H groups in total. The van der Waals surface area contributed by atoms with Crippen LogP contribution in [0.3, 0.4) is 0 Å². The van der Waals surface area contributed by atoms with E-state index in [1.165, 1.54) is 36.7 Å². The fraction of sp³-hybridized carbons (Fsp3) is 0.250. The lowest BCUT2D eigenvalue weighted by Crippen LogP contribution is -1.93. The van der Waals surface area contributed by atoms with Crippen LogP contribution in [0, 0.1) is 10.1 Å². The first-order valence-corrected chi connectivity index (χ1v) is 9.11. The Hall–Kier alpha value is -0.330. The van der Waals surface area contributed by atoms with Crippen LogP contribution < -0.4 is 4.52 Å². The Morgan fingerprint density at radius 1 is 1.59 bits per heavy atom. The van der Waals surface area contributed by atoms with Gasteiger partial charge in [-0.25, -0.2) is 0 Å². The number of hydrogen-bond acceptors (Lipinski definition) is 6. The normalized spacial score (nSPS) is 14.1. The van der Waals surface area contributed by atoms with Gasteiger partial charge in [0.1, 0.15) is 5.75 Å². The predicted molar refractivity (Wildman–Crippen MR) is 73.5 cm³/mol. The van der Waals surface area contributed by atoms with E-state index in [-0.39, 0.29) is 16.5 Å². The third-order valence-electron chi connectivity index (χ3n) is 1.78. The van der Waals surface area contributed by atoms with Crippen LogP contribution in [0.4, 0.5) is 5.69 Å². The van der Waals surface area contributed by atoms with Gasteiger partial charge in [0.05, 0.1) is 9.95 Å². The van der Waals surface area contributed by atoms with E-state index < -0.39 is 10.6 Å². The largest absolute Gasteiger partial charge is 0.435 e. The minimum Gasteiger partial charge on any atom is -0.435 e. The molecule has 0 radical (unpaired) electrons. The second-order valence-electron chi connectivity index (χ2n) is 2.78. The van der Waals surface area contributed by atoms with E-state index in [9.17, 15) is 10.1 Å². The van der Waals surface area contributed by atoms with E-state index in [0.717, 1.165) is 0 Å². The zero-order valence-electron chi connectivity index (χ0n) is 8.95. The summed E-state index contributed by atoms with van der Waals surface area (Å²) in [5, 5.41) is 10.7. The molecule has 0 aliphatic rings. The molecule has 1 unspecified atom stereocenters. The number of halogens is 1. The fourth-order valence-electron chi connectivity index (χ4n) is 0.947. The fourth-order valence-corrected chi connectivity index (χ4v) is 3.06. The molecule has 0 saturated heterocycles. The summed E-state index contributed by atoms with van der Waals surface area (Å²) in [5.41, 5.74) is -2.57. The Morgan fingerprint density at radius 3 is 2.65 bits per heavy atom. The van der Waals surface area contributed by atoms with Crippen LogP contribution in [0.1, 0.15) is 0 Å². The molecule has 94 valence electrons. The zero-order chi connectivity index (χ0) is 13.1. The SMILES string of the molecule is COP(=S)(Oc1ccc([N+](=O)[O-])cc1Cl)SC. The van der Waals surface area contributed by atoms with Gasteiger partial charge in [-0.1, -0.05) is 23.0 Å². The third-order valence-corrected chi connectivity index (χ3v) is 7.42. The minimum absolute atomic E-state index is 0.0998. The highest BCUT2D eigenvalue weighted by atomic mass is 35.5. The molecule has 0 heterocycles. The number of rotatable bonds is 5. The highest BCUT2D eigenvalue weighted by molar-refractivity contribution is 8.67. The van der Waals surface area contributed by atoms with Gasteiger partial charge in [0.2, 0.25) is 0 Å². The van der Waals surface area contributed by atoms with Gasteiger partial charge >= 0.3 is 0 Å². The molecule has 1 rings (SSSR count). The lowest BCUT2D eigenvalue weighted by Gasteiger charge is -2.18. The maximum absolute atomic E-state index is 10.5. The van der Waals surface area contributed by atoms with E-state index in [1.807, 2.05) is 0 Å². The number of hydrogen-bond donors (Lipinski definition) is 0. The summed E-state index contributed by atoms with van der Waals surface area (Å²) < 4.78 is 10.6. The molecule has 0 spiro atoms. The Balaban J connectivity index is 3.01. The maximum Gasteiger partial charge on any atom is 0.297 e. The second-order valence-corrected chi connectivity index (χ2v) is 9.66. The van der Waals surface area contributed by atoms with Crippen LogP contribution >= 0.6 is 28.7 Å². The summed E-state index contributed by atoms with van der Waals surface area (Å²) in [7, 11) is 1.45. The molecule has 0 amide bonds. The molecule has 5 nitrogen and oxygen atoms in total. The van der Waals surface area contributed by atoms with E-state index >= 15 is 0 Å². The summed E-state index contributed by atoms with van der Waals surface area (Å²) >= 11 is 12.3. The van der Waals surface area contributed by atoms with Crippen molar-refractivity contribution in [1.29, 1.82) is 0 Å². The Morgan fingerprint density at radius 2 is 2.24 bits per heavy atom. The molecule has 0 fully saturated rings. The summed E-state index contributed by atoms with van der Waals surface area (Å²) in [6, 6.07) is 3.93. The Kier molecular flexibility index (Phi) is 5.22. The van der Waals surface area contributed by atoms with E-state index in [0.29, 0.717) is 0 Å². The van der Waals surface area contributed by atoms with Crippen molar-refractivity contribution < 1.29 is 14.0 Å². The summed E-state index contributed by atoms with van der Waals surface area (Å²) in [6.45, 7) is 0. The first-order chi connectivity index (χ1) is 7.91. The molecule has 1 aromatic carbocycles. The van der Waals surface area contributed by atoms with Gasteiger partial charge in [0, 0.05) is 19.2 Å². The summed E-state index contributed by atoms with van der Waals surface area (Å²) in [5.74, 6) is 0.289. The number of benzene rings is 1. The zero-order valence-corrected chi connectivity index (χ0v) is 12.2. The molecular weight excluding hydrogens is 305 g/mol.